The number of halogens is 1. The van der Waals surface area contributed by atoms with Gasteiger partial charge in [-0.25, -0.2) is 9.37 Å². The number of rotatable bonds is 5. The van der Waals surface area contributed by atoms with E-state index < -0.39 is 0 Å². The van der Waals surface area contributed by atoms with Gasteiger partial charge in [-0.3, -0.25) is 4.79 Å². The van der Waals surface area contributed by atoms with Gasteiger partial charge in [-0.15, -0.1) is 0 Å². The van der Waals surface area contributed by atoms with E-state index in [1.807, 2.05) is 54.8 Å². The molecule has 1 fully saturated rings. The lowest BCUT2D eigenvalue weighted by molar-refractivity contribution is -0.113. The molecule has 166 valence electrons. The molecule has 0 unspecified atom stereocenters. The maximum absolute atomic E-state index is 14.8. The van der Waals surface area contributed by atoms with Crippen LogP contribution in [-0.2, 0) is 4.79 Å². The minimum absolute atomic E-state index is 0.0391. The van der Waals surface area contributed by atoms with E-state index in [9.17, 15) is 14.0 Å². The molecule has 5 nitrogen and oxygen atoms in total. The lowest BCUT2D eigenvalue weighted by Gasteiger charge is -2.32. The summed E-state index contributed by atoms with van der Waals surface area (Å²) in [5.41, 5.74) is 5.82. The van der Waals surface area contributed by atoms with Gasteiger partial charge >= 0.3 is 0 Å². The van der Waals surface area contributed by atoms with Gasteiger partial charge in [0.25, 0.3) is 5.91 Å². The SMILES string of the molecule is Cc1ccc(-c2ccccc2-c2nc3cc(C(=O)NC4CC(C=O)C4)ccn3c2C)c(F)c1. The smallest absolute Gasteiger partial charge is 0.251 e. The maximum atomic E-state index is 14.8. The third-order valence-corrected chi connectivity index (χ3v) is 6.43. The second kappa shape index (κ2) is 8.28. The largest absolute Gasteiger partial charge is 0.349 e. The number of hydrogen-bond donors (Lipinski definition) is 1. The van der Waals surface area contributed by atoms with Crippen LogP contribution >= 0.6 is 0 Å². The molecule has 2 aromatic heterocycles. The molecule has 0 aliphatic heterocycles. The van der Waals surface area contributed by atoms with Crippen LogP contribution in [0.25, 0.3) is 28.0 Å². The van der Waals surface area contributed by atoms with Gasteiger partial charge < -0.3 is 14.5 Å². The summed E-state index contributed by atoms with van der Waals surface area (Å²) in [6, 6.07) is 16.4. The van der Waals surface area contributed by atoms with Crippen molar-refractivity contribution in [3.05, 3.63) is 83.4 Å². The van der Waals surface area contributed by atoms with Crippen molar-refractivity contribution in [1.82, 2.24) is 14.7 Å². The number of fused-ring (bicyclic) bond motifs is 1. The number of hydrogen-bond acceptors (Lipinski definition) is 3. The minimum Gasteiger partial charge on any atom is -0.349 e. The summed E-state index contributed by atoms with van der Waals surface area (Å²) < 4.78 is 16.7. The Bertz CT molecular complexity index is 1390. The Kier molecular flexibility index (Phi) is 5.29. The lowest BCUT2D eigenvalue weighted by atomic mass is 9.81. The topological polar surface area (TPSA) is 63.5 Å². The molecule has 33 heavy (non-hydrogen) atoms. The molecule has 0 bridgehead atoms. The Labute approximate surface area is 191 Å². The van der Waals surface area contributed by atoms with Gasteiger partial charge in [0.2, 0.25) is 0 Å². The molecule has 1 aliphatic carbocycles. The average Bonchev–Trinajstić information content (AvgIpc) is 3.11. The van der Waals surface area contributed by atoms with Crippen molar-refractivity contribution in [2.45, 2.75) is 32.7 Å². The predicted octanol–water partition coefficient (Wildman–Crippen LogP) is 5.13. The number of pyridine rings is 1. The third kappa shape index (κ3) is 3.82. The highest BCUT2D eigenvalue weighted by molar-refractivity contribution is 5.95. The number of nitrogens with zero attached hydrogens (tertiary/aromatic N) is 2. The Morgan fingerprint density at radius 1 is 1.06 bits per heavy atom. The Hall–Kier alpha value is -3.80. The standard InChI is InChI=1S/C27H24FN3O2/c1-16-7-8-22(24(28)11-16)21-5-3-4-6-23(21)26-17(2)31-10-9-19(14-25(31)30-26)27(33)29-20-12-18(13-20)15-32/h3-11,14-15,18,20H,12-13H2,1-2H3,(H,29,33). The summed E-state index contributed by atoms with van der Waals surface area (Å²) in [5.74, 6) is -0.388. The monoisotopic (exact) mass is 441 g/mol. The molecule has 0 radical (unpaired) electrons. The van der Waals surface area contributed by atoms with E-state index in [0.29, 0.717) is 29.6 Å². The molecule has 1 amide bonds. The van der Waals surface area contributed by atoms with E-state index in [2.05, 4.69) is 5.32 Å². The molecule has 0 saturated heterocycles. The highest BCUT2D eigenvalue weighted by Gasteiger charge is 2.30. The molecular weight excluding hydrogens is 417 g/mol. The van der Waals surface area contributed by atoms with Crippen LogP contribution in [-0.4, -0.2) is 27.6 Å². The van der Waals surface area contributed by atoms with Crippen molar-refractivity contribution in [2.24, 2.45) is 5.92 Å². The second-order valence-corrected chi connectivity index (χ2v) is 8.76. The third-order valence-electron chi connectivity index (χ3n) is 6.43. The second-order valence-electron chi connectivity index (χ2n) is 8.76. The highest BCUT2D eigenvalue weighted by Crippen LogP contribution is 2.35. The molecule has 4 aromatic rings. The molecule has 1 N–H and O–H groups in total. The number of benzene rings is 2. The van der Waals surface area contributed by atoms with Gasteiger partial charge in [0.1, 0.15) is 17.8 Å². The Morgan fingerprint density at radius 3 is 2.55 bits per heavy atom. The number of aryl methyl sites for hydroxylation is 2. The molecule has 0 spiro atoms. The first kappa shape index (κ1) is 21.1. The Morgan fingerprint density at radius 2 is 1.82 bits per heavy atom. The number of nitrogens with one attached hydrogen (secondary N) is 1. The molecule has 1 aliphatic rings. The van der Waals surface area contributed by atoms with Crippen molar-refractivity contribution in [2.75, 3.05) is 0 Å². The van der Waals surface area contributed by atoms with Gasteiger partial charge in [-0.2, -0.15) is 0 Å². The molecule has 2 heterocycles. The van der Waals surface area contributed by atoms with Crippen molar-refractivity contribution < 1.29 is 14.0 Å². The van der Waals surface area contributed by atoms with E-state index in [1.165, 1.54) is 6.07 Å². The van der Waals surface area contributed by atoms with Crippen LogP contribution < -0.4 is 5.32 Å². The van der Waals surface area contributed by atoms with Crippen molar-refractivity contribution in [3.63, 3.8) is 0 Å². The van der Waals surface area contributed by atoms with E-state index in [-0.39, 0.29) is 23.7 Å². The molecule has 2 aromatic carbocycles. The number of amides is 1. The van der Waals surface area contributed by atoms with Crippen LogP contribution in [0.2, 0.25) is 0 Å². The molecular formula is C27H24FN3O2. The van der Waals surface area contributed by atoms with Crippen LogP contribution in [0, 0.1) is 25.6 Å². The first-order valence-corrected chi connectivity index (χ1v) is 11.1. The zero-order chi connectivity index (χ0) is 23.1. The van der Waals surface area contributed by atoms with Crippen LogP contribution in [0.4, 0.5) is 4.39 Å². The summed E-state index contributed by atoms with van der Waals surface area (Å²) in [6.45, 7) is 3.83. The summed E-state index contributed by atoms with van der Waals surface area (Å²) >= 11 is 0. The molecule has 1 saturated carbocycles. The number of imidazole rings is 1. The van der Waals surface area contributed by atoms with Crippen LogP contribution in [0.1, 0.15) is 34.5 Å². The van der Waals surface area contributed by atoms with Crippen LogP contribution in [0.15, 0.2) is 60.8 Å². The zero-order valence-electron chi connectivity index (χ0n) is 18.5. The van der Waals surface area contributed by atoms with E-state index >= 15 is 0 Å². The fraction of sp³-hybridized carbons (Fsp3) is 0.222. The fourth-order valence-electron chi connectivity index (χ4n) is 4.49. The van der Waals surface area contributed by atoms with Crippen LogP contribution in [0.5, 0.6) is 0 Å². The number of carbonyl (C=O) groups is 2. The van der Waals surface area contributed by atoms with Crippen molar-refractivity contribution in [3.8, 4) is 22.4 Å². The van der Waals surface area contributed by atoms with Gasteiger partial charge in [0.05, 0.1) is 5.69 Å². The summed E-state index contributed by atoms with van der Waals surface area (Å²) in [4.78, 5) is 28.3. The summed E-state index contributed by atoms with van der Waals surface area (Å²) in [5, 5.41) is 2.98. The lowest BCUT2D eigenvalue weighted by Crippen LogP contribution is -2.44. The summed E-state index contributed by atoms with van der Waals surface area (Å²) in [7, 11) is 0. The predicted molar refractivity (Wildman–Crippen MR) is 126 cm³/mol. The van der Waals surface area contributed by atoms with E-state index in [1.54, 1.807) is 18.2 Å². The molecule has 6 heteroatoms. The van der Waals surface area contributed by atoms with Gasteiger partial charge in [0, 0.05) is 40.5 Å². The van der Waals surface area contributed by atoms with Crippen LogP contribution in [0.3, 0.4) is 0 Å². The van der Waals surface area contributed by atoms with Gasteiger partial charge in [-0.05, 0) is 56.0 Å². The quantitative estimate of drug-likeness (QED) is 0.437. The number of aldehydes is 1. The zero-order valence-corrected chi connectivity index (χ0v) is 18.5. The Balaban J connectivity index is 1.51. The van der Waals surface area contributed by atoms with Gasteiger partial charge in [0.15, 0.2) is 0 Å². The van der Waals surface area contributed by atoms with Crippen molar-refractivity contribution in [1.29, 1.82) is 0 Å². The average molecular weight is 442 g/mol. The fourth-order valence-corrected chi connectivity index (χ4v) is 4.49. The van der Waals surface area contributed by atoms with E-state index in [0.717, 1.165) is 34.4 Å². The number of aromatic nitrogens is 2. The first-order chi connectivity index (χ1) is 15.9. The minimum atomic E-state index is -0.268. The normalized spacial score (nSPS) is 17.5. The highest BCUT2D eigenvalue weighted by atomic mass is 19.1. The molecule has 5 rings (SSSR count). The van der Waals surface area contributed by atoms with E-state index in [4.69, 9.17) is 4.98 Å². The molecule has 0 atom stereocenters. The number of carbonyl (C=O) groups excluding carboxylic acids is 2. The van der Waals surface area contributed by atoms with Crippen molar-refractivity contribution >= 4 is 17.8 Å². The summed E-state index contributed by atoms with van der Waals surface area (Å²) in [6.07, 6.45) is 4.16. The maximum Gasteiger partial charge on any atom is 0.251 e. The van der Waals surface area contributed by atoms with Gasteiger partial charge in [-0.1, -0.05) is 36.4 Å². The first-order valence-electron chi connectivity index (χ1n) is 11.1.